The third kappa shape index (κ3) is 1.97. The molecule has 94 valence electrons. The Balaban J connectivity index is 1.95. The van der Waals surface area contributed by atoms with E-state index >= 15 is 0 Å². The molecular formula is C13H15N3O2. The van der Waals surface area contributed by atoms with Crippen LogP contribution in [0.3, 0.4) is 0 Å². The summed E-state index contributed by atoms with van der Waals surface area (Å²) in [6.07, 6.45) is 3.20. The van der Waals surface area contributed by atoms with Crippen molar-refractivity contribution in [3.05, 3.63) is 40.6 Å². The van der Waals surface area contributed by atoms with Crippen molar-refractivity contribution in [3.8, 4) is 0 Å². The molecule has 0 amide bonds. The third-order valence-electron chi connectivity index (χ3n) is 3.59. The maximum Gasteiger partial charge on any atom is 0.271 e. The number of rotatable bonds is 3. The molecule has 18 heavy (non-hydrogen) atoms. The predicted octanol–water partition coefficient (Wildman–Crippen LogP) is 2.16. The number of benzene rings is 1. The molecule has 5 heteroatoms. The Kier molecular flexibility index (Phi) is 2.76. The Morgan fingerprint density at radius 3 is 3.06 bits per heavy atom. The maximum atomic E-state index is 10.8. The van der Waals surface area contributed by atoms with Crippen LogP contribution in [0.1, 0.15) is 6.42 Å². The van der Waals surface area contributed by atoms with Gasteiger partial charge in [0.05, 0.1) is 10.4 Å². The Morgan fingerprint density at radius 2 is 2.33 bits per heavy atom. The van der Waals surface area contributed by atoms with Crippen LogP contribution in [0.25, 0.3) is 10.9 Å². The number of non-ortho nitro benzene ring substituents is 1. The predicted molar refractivity (Wildman–Crippen MR) is 69.6 cm³/mol. The fourth-order valence-electron chi connectivity index (χ4n) is 2.59. The Hall–Kier alpha value is -1.88. The number of nitrogens with zero attached hydrogens (tertiary/aromatic N) is 2. The molecule has 0 aliphatic carbocycles. The van der Waals surface area contributed by atoms with E-state index in [1.807, 2.05) is 18.3 Å². The Morgan fingerprint density at radius 1 is 1.44 bits per heavy atom. The van der Waals surface area contributed by atoms with Gasteiger partial charge in [-0.1, -0.05) is 0 Å². The van der Waals surface area contributed by atoms with Crippen molar-refractivity contribution in [1.29, 1.82) is 0 Å². The molecule has 5 nitrogen and oxygen atoms in total. The number of nitro benzene ring substituents is 1. The number of hydrogen-bond acceptors (Lipinski definition) is 3. The standard InChI is InChI=1S/C13H15N3O2/c17-16(18)12-2-1-11-4-6-15(13(11)7-12)9-10-3-5-14-8-10/h1-2,4,6-7,10,14H,3,5,8-9H2. The van der Waals surface area contributed by atoms with E-state index < -0.39 is 0 Å². The van der Waals surface area contributed by atoms with Gasteiger partial charge in [0.1, 0.15) is 0 Å². The second-order valence-corrected chi connectivity index (χ2v) is 4.83. The summed E-state index contributed by atoms with van der Waals surface area (Å²) in [4.78, 5) is 10.5. The van der Waals surface area contributed by atoms with Crippen LogP contribution in [0.2, 0.25) is 0 Å². The number of nitrogens with one attached hydrogen (secondary N) is 1. The van der Waals surface area contributed by atoms with Crippen molar-refractivity contribution in [1.82, 2.24) is 9.88 Å². The van der Waals surface area contributed by atoms with Crippen molar-refractivity contribution in [3.63, 3.8) is 0 Å². The lowest BCUT2D eigenvalue weighted by Crippen LogP contribution is -2.13. The fourth-order valence-corrected chi connectivity index (χ4v) is 2.59. The summed E-state index contributed by atoms with van der Waals surface area (Å²) < 4.78 is 2.12. The number of fused-ring (bicyclic) bond motifs is 1. The first-order valence-electron chi connectivity index (χ1n) is 6.18. The first kappa shape index (κ1) is 11.2. The Labute approximate surface area is 105 Å². The highest BCUT2D eigenvalue weighted by atomic mass is 16.6. The molecule has 1 aliphatic heterocycles. The van der Waals surface area contributed by atoms with Crippen molar-refractivity contribution in [2.24, 2.45) is 5.92 Å². The first-order chi connectivity index (χ1) is 8.74. The van der Waals surface area contributed by atoms with Crippen molar-refractivity contribution in [2.45, 2.75) is 13.0 Å². The molecule has 1 atom stereocenters. The zero-order valence-electron chi connectivity index (χ0n) is 10.0. The quantitative estimate of drug-likeness (QED) is 0.666. The van der Waals surface area contributed by atoms with Crippen LogP contribution < -0.4 is 5.32 Å². The van der Waals surface area contributed by atoms with E-state index in [9.17, 15) is 10.1 Å². The molecule has 3 rings (SSSR count). The van der Waals surface area contributed by atoms with Gasteiger partial charge in [0, 0.05) is 30.3 Å². The smallest absolute Gasteiger partial charge is 0.271 e. The van der Waals surface area contributed by atoms with Gasteiger partial charge in [0.25, 0.3) is 5.69 Å². The number of hydrogen-bond donors (Lipinski definition) is 1. The minimum absolute atomic E-state index is 0.159. The molecule has 0 bridgehead atoms. The van der Waals surface area contributed by atoms with Crippen LogP contribution >= 0.6 is 0 Å². The van der Waals surface area contributed by atoms with Gasteiger partial charge in [-0.05, 0) is 37.6 Å². The molecule has 1 N–H and O–H groups in total. The lowest BCUT2D eigenvalue weighted by atomic mass is 10.1. The summed E-state index contributed by atoms with van der Waals surface area (Å²) in [6.45, 7) is 3.04. The van der Waals surface area contributed by atoms with Crippen LogP contribution in [0.5, 0.6) is 0 Å². The Bertz CT molecular complexity index is 585. The van der Waals surface area contributed by atoms with Crippen LogP contribution in [0.4, 0.5) is 5.69 Å². The topological polar surface area (TPSA) is 60.1 Å². The van der Waals surface area contributed by atoms with E-state index in [-0.39, 0.29) is 10.6 Å². The third-order valence-corrected chi connectivity index (χ3v) is 3.59. The molecule has 2 aromatic rings. The molecule has 1 aromatic heterocycles. The van der Waals surface area contributed by atoms with Gasteiger partial charge < -0.3 is 9.88 Å². The minimum atomic E-state index is -0.339. The first-order valence-corrected chi connectivity index (χ1v) is 6.18. The molecule has 0 saturated carbocycles. The van der Waals surface area contributed by atoms with Crippen molar-refractivity contribution < 1.29 is 4.92 Å². The molecule has 0 radical (unpaired) electrons. The number of nitro groups is 1. The largest absolute Gasteiger partial charge is 0.347 e. The molecule has 0 spiro atoms. The zero-order valence-corrected chi connectivity index (χ0v) is 10.0. The molecule has 1 aromatic carbocycles. The molecule has 1 aliphatic rings. The van der Waals surface area contributed by atoms with E-state index in [0.717, 1.165) is 30.5 Å². The molecule has 1 fully saturated rings. The SMILES string of the molecule is O=[N+]([O-])c1ccc2ccn(CC3CCNC3)c2c1. The summed E-state index contributed by atoms with van der Waals surface area (Å²) in [5.41, 5.74) is 1.11. The molecular weight excluding hydrogens is 230 g/mol. The summed E-state index contributed by atoms with van der Waals surface area (Å²) in [7, 11) is 0. The van der Waals surface area contributed by atoms with E-state index in [0.29, 0.717) is 5.92 Å². The van der Waals surface area contributed by atoms with Gasteiger partial charge in [0.15, 0.2) is 0 Å². The second-order valence-electron chi connectivity index (χ2n) is 4.83. The zero-order chi connectivity index (χ0) is 12.5. The van der Waals surface area contributed by atoms with Gasteiger partial charge in [-0.2, -0.15) is 0 Å². The highest BCUT2D eigenvalue weighted by Crippen LogP contribution is 2.23. The monoisotopic (exact) mass is 245 g/mol. The van der Waals surface area contributed by atoms with Crippen LogP contribution in [0.15, 0.2) is 30.5 Å². The van der Waals surface area contributed by atoms with Crippen LogP contribution in [-0.2, 0) is 6.54 Å². The van der Waals surface area contributed by atoms with E-state index in [1.165, 1.54) is 6.42 Å². The van der Waals surface area contributed by atoms with Gasteiger partial charge in [0.2, 0.25) is 0 Å². The highest BCUT2D eigenvalue weighted by Gasteiger charge is 2.16. The van der Waals surface area contributed by atoms with Gasteiger partial charge in [-0.15, -0.1) is 0 Å². The number of aromatic nitrogens is 1. The second kappa shape index (κ2) is 4.42. The normalized spacial score (nSPS) is 19.4. The molecule has 2 heterocycles. The van der Waals surface area contributed by atoms with Gasteiger partial charge in [-0.3, -0.25) is 10.1 Å². The van der Waals surface area contributed by atoms with Crippen LogP contribution in [0, 0.1) is 16.0 Å². The summed E-state index contributed by atoms with van der Waals surface area (Å²) in [5, 5.41) is 15.2. The average molecular weight is 245 g/mol. The highest BCUT2D eigenvalue weighted by molar-refractivity contribution is 5.82. The molecule has 1 unspecified atom stereocenters. The van der Waals surface area contributed by atoms with Crippen LogP contribution in [-0.4, -0.2) is 22.6 Å². The van der Waals surface area contributed by atoms with E-state index in [4.69, 9.17) is 0 Å². The summed E-state index contributed by atoms with van der Waals surface area (Å²) in [6, 6.07) is 7.06. The lowest BCUT2D eigenvalue weighted by Gasteiger charge is -2.10. The average Bonchev–Trinajstić information content (AvgIpc) is 2.99. The van der Waals surface area contributed by atoms with Crippen molar-refractivity contribution >= 4 is 16.6 Å². The van der Waals surface area contributed by atoms with Gasteiger partial charge >= 0.3 is 0 Å². The fraction of sp³-hybridized carbons (Fsp3) is 0.385. The van der Waals surface area contributed by atoms with E-state index in [1.54, 1.807) is 12.1 Å². The van der Waals surface area contributed by atoms with E-state index in [2.05, 4.69) is 9.88 Å². The van der Waals surface area contributed by atoms with Crippen molar-refractivity contribution in [2.75, 3.05) is 13.1 Å². The van der Waals surface area contributed by atoms with Gasteiger partial charge in [-0.25, -0.2) is 0 Å². The maximum absolute atomic E-state index is 10.8. The summed E-state index contributed by atoms with van der Waals surface area (Å²) in [5.74, 6) is 0.625. The minimum Gasteiger partial charge on any atom is -0.347 e. The molecule has 1 saturated heterocycles. The lowest BCUT2D eigenvalue weighted by molar-refractivity contribution is -0.384. The summed E-state index contributed by atoms with van der Waals surface area (Å²) >= 11 is 0.